The highest BCUT2D eigenvalue weighted by molar-refractivity contribution is 7.85. The number of hydrogen-bond acceptors (Lipinski definition) is 8. The molecule has 158 valence electrons. The molecule has 12 heteroatoms. The van der Waals surface area contributed by atoms with Crippen molar-refractivity contribution < 1.29 is 17.7 Å². The molecule has 3 rings (SSSR count). The average Bonchev–Trinajstić information content (AvgIpc) is 2.97. The van der Waals surface area contributed by atoms with E-state index in [1.807, 2.05) is 13.8 Å². The van der Waals surface area contributed by atoms with Crippen LogP contribution in [0.5, 0.6) is 5.88 Å². The van der Waals surface area contributed by atoms with E-state index in [0.29, 0.717) is 29.6 Å². The predicted molar refractivity (Wildman–Crippen MR) is 108 cm³/mol. The Kier molecular flexibility index (Phi) is 5.80. The fourth-order valence-corrected chi connectivity index (χ4v) is 3.03. The highest BCUT2D eigenvalue weighted by atomic mass is 32.2. The van der Waals surface area contributed by atoms with Crippen LogP contribution in [0.25, 0.3) is 5.95 Å². The van der Waals surface area contributed by atoms with Crippen LogP contribution in [0.15, 0.2) is 44.2 Å². The molecule has 0 radical (unpaired) electrons. The highest BCUT2D eigenvalue weighted by Crippen LogP contribution is 2.22. The molecule has 2 N–H and O–H groups in total. The quantitative estimate of drug-likeness (QED) is 0.448. The van der Waals surface area contributed by atoms with Crippen molar-refractivity contribution in [3.63, 3.8) is 0 Å². The monoisotopic (exact) mass is 432 g/mol. The van der Waals surface area contributed by atoms with Gasteiger partial charge in [-0.3, -0.25) is 14.4 Å². The Morgan fingerprint density at radius 1 is 1.13 bits per heavy atom. The minimum absolute atomic E-state index is 0.0497. The molecule has 0 unspecified atom stereocenters. The molecule has 0 spiro atoms. The van der Waals surface area contributed by atoms with Gasteiger partial charge < -0.3 is 4.74 Å². The van der Waals surface area contributed by atoms with E-state index < -0.39 is 15.7 Å². The summed E-state index contributed by atoms with van der Waals surface area (Å²) in [4.78, 5) is 21.2. The number of aromatic nitrogens is 4. The SMILES string of the molecule is CCOc1nc(-n2[nH]c(C)c(N=Nc3ccc(S(=O)(=O)O)cc3)c2=O)nc(C)c1C. The molecular weight excluding hydrogens is 412 g/mol. The first kappa shape index (κ1) is 21.3. The van der Waals surface area contributed by atoms with Crippen LogP contribution in [-0.2, 0) is 10.1 Å². The van der Waals surface area contributed by atoms with Gasteiger partial charge in [0, 0.05) is 11.3 Å². The van der Waals surface area contributed by atoms with Gasteiger partial charge in [0.1, 0.15) is 0 Å². The summed E-state index contributed by atoms with van der Waals surface area (Å²) in [6.07, 6.45) is 0. The Balaban J connectivity index is 1.97. The first-order chi connectivity index (χ1) is 14.1. The van der Waals surface area contributed by atoms with Gasteiger partial charge in [-0.05, 0) is 52.0 Å². The third-order valence-electron chi connectivity index (χ3n) is 4.25. The Labute approximate surface area is 172 Å². The molecule has 0 aliphatic rings. The first-order valence-electron chi connectivity index (χ1n) is 8.91. The van der Waals surface area contributed by atoms with Gasteiger partial charge in [-0.2, -0.15) is 23.2 Å². The Hall–Kier alpha value is -3.38. The van der Waals surface area contributed by atoms with E-state index >= 15 is 0 Å². The predicted octanol–water partition coefficient (Wildman–Crippen LogP) is 2.94. The van der Waals surface area contributed by atoms with E-state index in [1.54, 1.807) is 13.8 Å². The molecule has 0 atom stereocenters. The average molecular weight is 432 g/mol. The van der Waals surface area contributed by atoms with Crippen molar-refractivity contribution in [3.05, 3.63) is 51.6 Å². The van der Waals surface area contributed by atoms with Crippen LogP contribution >= 0.6 is 0 Å². The Morgan fingerprint density at radius 2 is 1.80 bits per heavy atom. The molecule has 11 nitrogen and oxygen atoms in total. The lowest BCUT2D eigenvalue weighted by Gasteiger charge is -2.10. The summed E-state index contributed by atoms with van der Waals surface area (Å²) >= 11 is 0. The second kappa shape index (κ2) is 8.16. The molecule has 2 aromatic heterocycles. The maximum absolute atomic E-state index is 12.8. The van der Waals surface area contributed by atoms with Crippen molar-refractivity contribution in [2.75, 3.05) is 6.61 Å². The number of benzene rings is 1. The molecule has 0 fully saturated rings. The molecule has 0 saturated carbocycles. The zero-order valence-corrected chi connectivity index (χ0v) is 17.6. The number of azo groups is 1. The van der Waals surface area contributed by atoms with Gasteiger partial charge in [0.2, 0.25) is 5.88 Å². The molecule has 0 saturated heterocycles. The van der Waals surface area contributed by atoms with Crippen LogP contribution < -0.4 is 10.3 Å². The largest absolute Gasteiger partial charge is 0.478 e. The number of aromatic amines is 1. The van der Waals surface area contributed by atoms with Gasteiger partial charge in [-0.1, -0.05) is 0 Å². The second-order valence-electron chi connectivity index (χ2n) is 6.37. The van der Waals surface area contributed by atoms with Gasteiger partial charge in [-0.15, -0.1) is 5.11 Å². The summed E-state index contributed by atoms with van der Waals surface area (Å²) < 4.78 is 37.9. The van der Waals surface area contributed by atoms with Crippen LogP contribution in [0, 0.1) is 20.8 Å². The van der Waals surface area contributed by atoms with Gasteiger partial charge in [0.25, 0.3) is 16.1 Å². The maximum Gasteiger partial charge on any atom is 0.301 e. The lowest BCUT2D eigenvalue weighted by Crippen LogP contribution is -2.18. The van der Waals surface area contributed by atoms with Crippen LogP contribution in [0.2, 0.25) is 0 Å². The van der Waals surface area contributed by atoms with Gasteiger partial charge >= 0.3 is 5.56 Å². The minimum Gasteiger partial charge on any atom is -0.478 e. The fraction of sp³-hybridized carbons (Fsp3) is 0.278. The second-order valence-corrected chi connectivity index (χ2v) is 7.79. The van der Waals surface area contributed by atoms with Crippen molar-refractivity contribution in [1.29, 1.82) is 0 Å². The first-order valence-corrected chi connectivity index (χ1v) is 10.3. The topological polar surface area (TPSA) is 152 Å². The zero-order chi connectivity index (χ0) is 22.1. The lowest BCUT2D eigenvalue weighted by molar-refractivity contribution is 0.322. The molecule has 0 bridgehead atoms. The molecule has 0 aliphatic heterocycles. The van der Waals surface area contributed by atoms with E-state index in [0.717, 1.165) is 10.2 Å². The van der Waals surface area contributed by atoms with Crippen LogP contribution in [0.3, 0.4) is 0 Å². The number of nitrogens with zero attached hydrogens (tertiary/aromatic N) is 5. The molecule has 0 amide bonds. The van der Waals surface area contributed by atoms with E-state index in [4.69, 9.17) is 9.29 Å². The minimum atomic E-state index is -4.30. The number of H-pyrrole nitrogens is 1. The Morgan fingerprint density at radius 3 is 2.40 bits per heavy atom. The maximum atomic E-state index is 12.8. The Bertz CT molecular complexity index is 1280. The fourth-order valence-electron chi connectivity index (χ4n) is 2.55. The summed E-state index contributed by atoms with van der Waals surface area (Å²) in [5.74, 6) is 0.509. The number of rotatable bonds is 6. The van der Waals surface area contributed by atoms with Crippen LogP contribution in [-0.4, -0.2) is 39.3 Å². The third-order valence-corrected chi connectivity index (χ3v) is 5.12. The summed E-state index contributed by atoms with van der Waals surface area (Å²) in [6.45, 7) is 7.53. The van der Waals surface area contributed by atoms with E-state index in [-0.39, 0.29) is 16.5 Å². The van der Waals surface area contributed by atoms with Gasteiger partial charge in [0.05, 0.1) is 22.9 Å². The summed E-state index contributed by atoms with van der Waals surface area (Å²) in [5, 5.41) is 10.8. The summed E-state index contributed by atoms with van der Waals surface area (Å²) in [6, 6.07) is 5.08. The molecule has 2 heterocycles. The summed E-state index contributed by atoms with van der Waals surface area (Å²) in [7, 11) is -4.30. The summed E-state index contributed by atoms with van der Waals surface area (Å²) in [5.41, 5.74) is 1.74. The van der Waals surface area contributed by atoms with Crippen LogP contribution in [0.1, 0.15) is 23.9 Å². The molecule has 1 aromatic carbocycles. The highest BCUT2D eigenvalue weighted by Gasteiger charge is 2.17. The van der Waals surface area contributed by atoms with E-state index in [9.17, 15) is 13.2 Å². The third kappa shape index (κ3) is 4.28. The number of hydrogen-bond donors (Lipinski definition) is 2. The normalized spacial score (nSPS) is 11.9. The van der Waals surface area contributed by atoms with E-state index in [2.05, 4.69) is 25.3 Å². The molecule has 0 aliphatic carbocycles. The zero-order valence-electron chi connectivity index (χ0n) is 16.7. The number of aryl methyl sites for hydroxylation is 2. The van der Waals surface area contributed by atoms with Crippen LogP contribution in [0.4, 0.5) is 11.4 Å². The van der Waals surface area contributed by atoms with E-state index in [1.165, 1.54) is 24.3 Å². The van der Waals surface area contributed by atoms with Crippen molar-refractivity contribution >= 4 is 21.5 Å². The van der Waals surface area contributed by atoms with Gasteiger partial charge in [-0.25, -0.2) is 4.98 Å². The molecule has 30 heavy (non-hydrogen) atoms. The smallest absolute Gasteiger partial charge is 0.301 e. The lowest BCUT2D eigenvalue weighted by atomic mass is 10.2. The van der Waals surface area contributed by atoms with Crippen molar-refractivity contribution in [2.24, 2.45) is 10.2 Å². The van der Waals surface area contributed by atoms with Crippen molar-refractivity contribution in [1.82, 2.24) is 19.7 Å². The number of ether oxygens (including phenoxy) is 1. The standard InChI is InChI=1S/C18H20N6O5S/c1-5-29-16-10(2)11(3)19-18(20-16)24-17(25)15(12(4)23-24)22-21-13-6-8-14(9-7-13)30(26,27)28/h6-9,23H,5H2,1-4H3,(H,26,27,28). The molecule has 3 aromatic rings. The van der Waals surface area contributed by atoms with Crippen molar-refractivity contribution in [3.8, 4) is 11.8 Å². The number of nitrogens with one attached hydrogen (secondary N) is 1. The molecular formula is C18H20N6O5S. The van der Waals surface area contributed by atoms with Crippen molar-refractivity contribution in [2.45, 2.75) is 32.6 Å². The van der Waals surface area contributed by atoms with Gasteiger partial charge in [0.15, 0.2) is 5.69 Å².